The SMILES string of the molecule is COc1cccc(/C=C2/N=C(c3ccccc3F)N(c3ccc(Br)cc3)C2=O)c1. The average molecular weight is 451 g/mol. The molecule has 1 aliphatic heterocycles. The van der Waals surface area contributed by atoms with Gasteiger partial charge in [-0.25, -0.2) is 9.38 Å². The highest BCUT2D eigenvalue weighted by molar-refractivity contribution is 9.10. The van der Waals surface area contributed by atoms with Crippen LogP contribution in [0.3, 0.4) is 0 Å². The molecule has 1 amide bonds. The van der Waals surface area contributed by atoms with Gasteiger partial charge < -0.3 is 4.74 Å². The van der Waals surface area contributed by atoms with E-state index in [1.165, 1.54) is 11.0 Å². The topological polar surface area (TPSA) is 41.9 Å². The maximum atomic E-state index is 14.5. The molecule has 1 aliphatic rings. The van der Waals surface area contributed by atoms with Gasteiger partial charge in [-0.3, -0.25) is 9.69 Å². The Morgan fingerprint density at radius 3 is 2.52 bits per heavy atom. The summed E-state index contributed by atoms with van der Waals surface area (Å²) in [6.07, 6.45) is 1.67. The zero-order valence-electron chi connectivity index (χ0n) is 15.5. The summed E-state index contributed by atoms with van der Waals surface area (Å²) in [7, 11) is 1.58. The summed E-state index contributed by atoms with van der Waals surface area (Å²) in [5.41, 5.74) is 1.86. The Hall–Kier alpha value is -3.25. The molecule has 0 N–H and O–H groups in total. The number of benzene rings is 3. The van der Waals surface area contributed by atoms with E-state index in [1.54, 1.807) is 49.6 Å². The van der Waals surface area contributed by atoms with Gasteiger partial charge in [0.25, 0.3) is 5.91 Å². The van der Waals surface area contributed by atoms with Crippen molar-refractivity contribution in [1.82, 2.24) is 0 Å². The monoisotopic (exact) mass is 450 g/mol. The van der Waals surface area contributed by atoms with Crippen LogP contribution in [-0.2, 0) is 4.79 Å². The van der Waals surface area contributed by atoms with E-state index in [1.807, 2.05) is 30.3 Å². The molecule has 0 unspecified atom stereocenters. The number of nitrogens with zero attached hydrogens (tertiary/aromatic N) is 2. The highest BCUT2D eigenvalue weighted by Crippen LogP contribution is 2.30. The van der Waals surface area contributed by atoms with Crippen molar-refractivity contribution in [1.29, 1.82) is 0 Å². The minimum Gasteiger partial charge on any atom is -0.497 e. The molecule has 0 fully saturated rings. The lowest BCUT2D eigenvalue weighted by molar-refractivity contribution is -0.113. The van der Waals surface area contributed by atoms with Crippen LogP contribution in [0.25, 0.3) is 6.08 Å². The van der Waals surface area contributed by atoms with Crippen molar-refractivity contribution in [2.24, 2.45) is 4.99 Å². The van der Waals surface area contributed by atoms with E-state index in [0.29, 0.717) is 11.4 Å². The summed E-state index contributed by atoms with van der Waals surface area (Å²) < 4.78 is 20.6. The highest BCUT2D eigenvalue weighted by Gasteiger charge is 2.33. The lowest BCUT2D eigenvalue weighted by Crippen LogP contribution is -2.33. The number of carbonyl (C=O) groups excluding carboxylic acids is 1. The second-order valence-corrected chi connectivity index (χ2v) is 7.25. The first kappa shape index (κ1) is 19.1. The fourth-order valence-electron chi connectivity index (χ4n) is 3.06. The highest BCUT2D eigenvalue weighted by atomic mass is 79.9. The van der Waals surface area contributed by atoms with Gasteiger partial charge in [0.2, 0.25) is 0 Å². The van der Waals surface area contributed by atoms with Gasteiger partial charge in [-0.05, 0) is 60.2 Å². The number of halogens is 2. The summed E-state index contributed by atoms with van der Waals surface area (Å²) in [5.74, 6) is 0.162. The Morgan fingerprint density at radius 1 is 1.03 bits per heavy atom. The molecule has 3 aromatic rings. The molecule has 0 saturated heterocycles. The minimum atomic E-state index is -0.441. The zero-order chi connectivity index (χ0) is 20.4. The number of amides is 1. The summed E-state index contributed by atoms with van der Waals surface area (Å²) in [5, 5.41) is 0. The summed E-state index contributed by atoms with van der Waals surface area (Å²) in [6.45, 7) is 0. The molecule has 1 heterocycles. The van der Waals surface area contributed by atoms with Crippen molar-refractivity contribution in [2.45, 2.75) is 0 Å². The van der Waals surface area contributed by atoms with Crippen LogP contribution in [0.5, 0.6) is 5.75 Å². The normalized spacial score (nSPS) is 15.0. The van der Waals surface area contributed by atoms with E-state index in [0.717, 1.165) is 10.0 Å². The molecule has 4 rings (SSSR count). The van der Waals surface area contributed by atoms with Gasteiger partial charge in [-0.2, -0.15) is 0 Å². The molecule has 3 aromatic carbocycles. The number of hydrogen-bond donors (Lipinski definition) is 0. The molecule has 6 heteroatoms. The molecular formula is C23H16BrFN2O2. The predicted octanol–water partition coefficient (Wildman–Crippen LogP) is 5.43. The number of ether oxygens (including phenoxy) is 1. The van der Waals surface area contributed by atoms with E-state index in [-0.39, 0.29) is 23.0 Å². The van der Waals surface area contributed by atoms with Gasteiger partial charge in [-0.1, -0.05) is 40.2 Å². The number of methoxy groups -OCH3 is 1. The first-order valence-corrected chi connectivity index (χ1v) is 9.65. The first-order chi connectivity index (χ1) is 14.1. The quantitative estimate of drug-likeness (QED) is 0.497. The van der Waals surface area contributed by atoms with Gasteiger partial charge in [0.1, 0.15) is 17.3 Å². The third-order valence-corrected chi connectivity index (χ3v) is 4.99. The van der Waals surface area contributed by atoms with Crippen LogP contribution in [-0.4, -0.2) is 18.9 Å². The smallest absolute Gasteiger partial charge is 0.282 e. The number of aliphatic imine (C=N–C) groups is 1. The molecule has 0 aromatic heterocycles. The largest absolute Gasteiger partial charge is 0.497 e. The molecule has 4 nitrogen and oxygen atoms in total. The van der Waals surface area contributed by atoms with Crippen LogP contribution in [0.1, 0.15) is 11.1 Å². The Labute approximate surface area is 176 Å². The molecule has 29 heavy (non-hydrogen) atoms. The van der Waals surface area contributed by atoms with Crippen molar-refractivity contribution >= 4 is 39.4 Å². The fraction of sp³-hybridized carbons (Fsp3) is 0.0435. The molecule has 0 atom stereocenters. The van der Waals surface area contributed by atoms with Gasteiger partial charge in [0.05, 0.1) is 18.4 Å². The fourth-order valence-corrected chi connectivity index (χ4v) is 3.32. The Balaban J connectivity index is 1.84. The Kier molecular flexibility index (Phi) is 5.27. The van der Waals surface area contributed by atoms with Crippen LogP contribution in [0.15, 0.2) is 88.0 Å². The average Bonchev–Trinajstić information content (AvgIpc) is 3.05. The van der Waals surface area contributed by atoms with Crippen molar-refractivity contribution in [3.05, 3.63) is 99.9 Å². The molecule has 144 valence electrons. The molecule has 0 bridgehead atoms. The summed E-state index contributed by atoms with van der Waals surface area (Å²) in [6, 6.07) is 20.8. The number of amidine groups is 1. The first-order valence-electron chi connectivity index (χ1n) is 8.86. The van der Waals surface area contributed by atoms with Crippen molar-refractivity contribution in [3.63, 3.8) is 0 Å². The van der Waals surface area contributed by atoms with Crippen LogP contribution < -0.4 is 9.64 Å². The third-order valence-electron chi connectivity index (χ3n) is 4.46. The van der Waals surface area contributed by atoms with Crippen LogP contribution >= 0.6 is 15.9 Å². The van der Waals surface area contributed by atoms with Gasteiger partial charge in [-0.15, -0.1) is 0 Å². The zero-order valence-corrected chi connectivity index (χ0v) is 17.1. The molecule has 0 aliphatic carbocycles. The summed E-state index contributed by atoms with van der Waals surface area (Å²) >= 11 is 3.39. The van der Waals surface area contributed by atoms with E-state index >= 15 is 0 Å². The molecule has 0 radical (unpaired) electrons. The lowest BCUT2D eigenvalue weighted by atomic mass is 10.1. The van der Waals surface area contributed by atoms with Gasteiger partial charge >= 0.3 is 0 Å². The minimum absolute atomic E-state index is 0.222. The second-order valence-electron chi connectivity index (χ2n) is 6.34. The summed E-state index contributed by atoms with van der Waals surface area (Å²) in [4.78, 5) is 19.1. The molecular weight excluding hydrogens is 435 g/mol. The van der Waals surface area contributed by atoms with E-state index in [9.17, 15) is 9.18 Å². The maximum absolute atomic E-state index is 14.5. The van der Waals surface area contributed by atoms with Crippen molar-refractivity contribution < 1.29 is 13.9 Å². The number of rotatable bonds is 4. The van der Waals surface area contributed by atoms with Crippen LogP contribution in [0, 0.1) is 5.82 Å². The standard InChI is InChI=1S/C23H16BrFN2O2/c1-29-18-6-4-5-15(13-18)14-21-23(28)27(17-11-9-16(24)10-12-17)22(26-21)19-7-2-3-8-20(19)25/h2-14H,1H3/b21-14+. The van der Waals surface area contributed by atoms with Crippen LogP contribution in [0.2, 0.25) is 0 Å². The van der Waals surface area contributed by atoms with E-state index in [4.69, 9.17) is 4.74 Å². The van der Waals surface area contributed by atoms with E-state index < -0.39 is 5.82 Å². The second kappa shape index (κ2) is 8.01. The predicted molar refractivity (Wildman–Crippen MR) is 116 cm³/mol. The maximum Gasteiger partial charge on any atom is 0.282 e. The van der Waals surface area contributed by atoms with Crippen molar-refractivity contribution in [2.75, 3.05) is 12.0 Å². The van der Waals surface area contributed by atoms with Crippen molar-refractivity contribution in [3.8, 4) is 5.75 Å². The third kappa shape index (κ3) is 3.84. The van der Waals surface area contributed by atoms with Crippen LogP contribution in [0.4, 0.5) is 10.1 Å². The lowest BCUT2D eigenvalue weighted by Gasteiger charge is -2.19. The molecule has 0 saturated carbocycles. The Bertz CT molecular complexity index is 1140. The number of hydrogen-bond acceptors (Lipinski definition) is 3. The number of carbonyl (C=O) groups is 1. The molecule has 0 spiro atoms. The number of anilines is 1. The van der Waals surface area contributed by atoms with E-state index in [2.05, 4.69) is 20.9 Å². The van der Waals surface area contributed by atoms with Gasteiger partial charge in [0.15, 0.2) is 5.84 Å². The van der Waals surface area contributed by atoms with Gasteiger partial charge in [0, 0.05) is 4.47 Å². The Morgan fingerprint density at radius 2 is 1.79 bits per heavy atom.